The Morgan fingerprint density at radius 1 is 1.24 bits per heavy atom. The monoisotopic (exact) mass is 246 g/mol. The van der Waals surface area contributed by atoms with Crippen LogP contribution < -0.4 is 5.32 Å². The highest BCUT2D eigenvalue weighted by atomic mass is 32.1. The van der Waals surface area contributed by atoms with E-state index in [-0.39, 0.29) is 18.1 Å². The van der Waals surface area contributed by atoms with E-state index in [1.54, 1.807) is 35.8 Å². The van der Waals surface area contributed by atoms with E-state index in [1.807, 2.05) is 6.07 Å². The summed E-state index contributed by atoms with van der Waals surface area (Å²) in [6.45, 7) is 0. The smallest absolute Gasteiger partial charge is 0.233 e. The highest BCUT2D eigenvalue weighted by molar-refractivity contribution is 7.13. The second-order valence-electron chi connectivity index (χ2n) is 3.35. The molecule has 0 radical (unpaired) electrons. The van der Waals surface area contributed by atoms with E-state index >= 15 is 0 Å². The van der Waals surface area contributed by atoms with Crippen LogP contribution in [0.3, 0.4) is 0 Å². The third-order valence-corrected chi connectivity index (χ3v) is 2.78. The first kappa shape index (κ1) is 11.5. The van der Waals surface area contributed by atoms with Crippen LogP contribution in [0.25, 0.3) is 0 Å². The third kappa shape index (κ3) is 3.22. The number of ketones is 1. The fourth-order valence-corrected chi connectivity index (χ4v) is 1.87. The normalized spacial score (nSPS) is 9.88. The lowest BCUT2D eigenvalue weighted by molar-refractivity contribution is -0.115. The van der Waals surface area contributed by atoms with E-state index in [2.05, 4.69) is 10.3 Å². The molecule has 0 saturated carbocycles. The summed E-state index contributed by atoms with van der Waals surface area (Å²) in [5, 5.41) is 4.84. The number of anilines is 1. The summed E-state index contributed by atoms with van der Waals surface area (Å²) in [6, 6.07) is 8.75. The zero-order valence-corrected chi connectivity index (χ0v) is 9.74. The van der Waals surface area contributed by atoms with E-state index in [1.165, 1.54) is 11.3 Å². The summed E-state index contributed by atoms with van der Waals surface area (Å²) in [5.74, 6) is -0.534. The first-order valence-corrected chi connectivity index (χ1v) is 5.91. The van der Waals surface area contributed by atoms with Gasteiger partial charge in [-0.15, -0.1) is 11.3 Å². The van der Waals surface area contributed by atoms with Gasteiger partial charge in [-0.2, -0.15) is 0 Å². The lowest BCUT2D eigenvalue weighted by Gasteiger charge is -2.01. The average Bonchev–Trinajstić information content (AvgIpc) is 2.82. The standard InChI is InChI=1S/C12H10N2O2S/c15-10(9-4-2-1-3-5-9)8-11(16)14-12-13-6-7-17-12/h1-7H,8H2,(H,13,14,16). The van der Waals surface area contributed by atoms with Gasteiger partial charge in [-0.05, 0) is 0 Å². The maximum atomic E-state index is 11.7. The number of rotatable bonds is 4. The van der Waals surface area contributed by atoms with Gasteiger partial charge in [-0.25, -0.2) is 4.98 Å². The quantitative estimate of drug-likeness (QED) is 0.665. The number of carbonyl (C=O) groups is 2. The Kier molecular flexibility index (Phi) is 3.62. The lowest BCUT2D eigenvalue weighted by atomic mass is 10.1. The van der Waals surface area contributed by atoms with Gasteiger partial charge in [0, 0.05) is 17.1 Å². The van der Waals surface area contributed by atoms with E-state index < -0.39 is 0 Å². The third-order valence-electron chi connectivity index (χ3n) is 2.10. The number of hydrogen-bond donors (Lipinski definition) is 1. The van der Waals surface area contributed by atoms with E-state index in [9.17, 15) is 9.59 Å². The maximum absolute atomic E-state index is 11.7. The Hall–Kier alpha value is -2.01. The van der Waals surface area contributed by atoms with Gasteiger partial charge in [-0.3, -0.25) is 9.59 Å². The summed E-state index contributed by atoms with van der Waals surface area (Å²) < 4.78 is 0. The van der Waals surface area contributed by atoms with Crippen molar-refractivity contribution < 1.29 is 9.59 Å². The zero-order valence-electron chi connectivity index (χ0n) is 8.92. The van der Waals surface area contributed by atoms with Crippen LogP contribution in [0.1, 0.15) is 16.8 Å². The second-order valence-corrected chi connectivity index (χ2v) is 4.25. The van der Waals surface area contributed by atoms with Crippen molar-refractivity contribution in [3.8, 4) is 0 Å². The number of thiazole rings is 1. The predicted octanol–water partition coefficient (Wildman–Crippen LogP) is 2.35. The van der Waals surface area contributed by atoms with Crippen molar-refractivity contribution in [3.05, 3.63) is 47.5 Å². The summed E-state index contributed by atoms with van der Waals surface area (Å²) in [5.41, 5.74) is 0.543. The maximum Gasteiger partial charge on any atom is 0.233 e. The molecule has 2 aromatic rings. The molecular formula is C12H10N2O2S. The first-order chi connectivity index (χ1) is 8.25. The van der Waals surface area contributed by atoms with Gasteiger partial charge in [0.05, 0.1) is 6.42 Å². The molecule has 0 fully saturated rings. The Morgan fingerprint density at radius 2 is 2.00 bits per heavy atom. The molecular weight excluding hydrogens is 236 g/mol. The number of benzene rings is 1. The van der Waals surface area contributed by atoms with Gasteiger partial charge >= 0.3 is 0 Å². The van der Waals surface area contributed by atoms with E-state index in [4.69, 9.17) is 0 Å². The molecule has 0 aliphatic heterocycles. The van der Waals surface area contributed by atoms with Crippen molar-refractivity contribution in [1.82, 2.24) is 4.98 Å². The number of amides is 1. The Morgan fingerprint density at radius 3 is 2.65 bits per heavy atom. The molecule has 86 valence electrons. The fourth-order valence-electron chi connectivity index (χ4n) is 1.32. The summed E-state index contributed by atoms with van der Waals surface area (Å²) in [4.78, 5) is 27.1. The van der Waals surface area contributed by atoms with Crippen LogP contribution in [0.2, 0.25) is 0 Å². The molecule has 1 N–H and O–H groups in total. The second kappa shape index (κ2) is 5.36. The summed E-state index contributed by atoms with van der Waals surface area (Å²) in [7, 11) is 0. The highest BCUT2D eigenvalue weighted by Gasteiger charge is 2.12. The van der Waals surface area contributed by atoms with Crippen LogP contribution in [-0.2, 0) is 4.79 Å². The Bertz CT molecular complexity index is 509. The SMILES string of the molecule is O=C(CC(=O)c1ccccc1)Nc1nccs1. The number of nitrogens with zero attached hydrogens (tertiary/aromatic N) is 1. The highest BCUT2D eigenvalue weighted by Crippen LogP contribution is 2.11. The molecule has 0 bridgehead atoms. The van der Waals surface area contributed by atoms with Crippen molar-refractivity contribution in [3.63, 3.8) is 0 Å². The number of Topliss-reactive ketones (excluding diaryl/α,β-unsaturated/α-hetero) is 1. The minimum absolute atomic E-state index is 0.163. The molecule has 17 heavy (non-hydrogen) atoms. The van der Waals surface area contributed by atoms with E-state index in [0.717, 1.165) is 0 Å². The van der Waals surface area contributed by atoms with Crippen LogP contribution in [-0.4, -0.2) is 16.7 Å². The van der Waals surface area contributed by atoms with Crippen molar-refractivity contribution in [2.45, 2.75) is 6.42 Å². The number of nitrogens with one attached hydrogen (secondary N) is 1. The van der Waals surface area contributed by atoms with Crippen LogP contribution in [0.5, 0.6) is 0 Å². The van der Waals surface area contributed by atoms with Gasteiger partial charge in [0.2, 0.25) is 5.91 Å². The predicted molar refractivity (Wildman–Crippen MR) is 66.1 cm³/mol. The van der Waals surface area contributed by atoms with Gasteiger partial charge in [0.25, 0.3) is 0 Å². The van der Waals surface area contributed by atoms with Crippen molar-refractivity contribution >= 4 is 28.2 Å². The van der Waals surface area contributed by atoms with E-state index in [0.29, 0.717) is 10.7 Å². The Balaban J connectivity index is 1.93. The summed E-state index contributed by atoms with van der Waals surface area (Å²) >= 11 is 1.32. The van der Waals surface area contributed by atoms with Gasteiger partial charge in [-0.1, -0.05) is 30.3 Å². The summed E-state index contributed by atoms with van der Waals surface area (Å²) in [6.07, 6.45) is 1.43. The van der Waals surface area contributed by atoms with Crippen LogP contribution in [0, 0.1) is 0 Å². The van der Waals surface area contributed by atoms with Gasteiger partial charge < -0.3 is 5.32 Å². The topological polar surface area (TPSA) is 59.1 Å². The molecule has 5 heteroatoms. The van der Waals surface area contributed by atoms with Crippen LogP contribution in [0.4, 0.5) is 5.13 Å². The van der Waals surface area contributed by atoms with Gasteiger partial charge in [0.15, 0.2) is 10.9 Å². The molecule has 1 aromatic carbocycles. The number of aromatic nitrogens is 1. The molecule has 1 amide bonds. The van der Waals surface area contributed by atoms with Crippen molar-refractivity contribution in [2.75, 3.05) is 5.32 Å². The van der Waals surface area contributed by atoms with Crippen LogP contribution in [0.15, 0.2) is 41.9 Å². The zero-order chi connectivity index (χ0) is 12.1. The van der Waals surface area contributed by atoms with Crippen molar-refractivity contribution in [2.24, 2.45) is 0 Å². The fraction of sp³-hybridized carbons (Fsp3) is 0.0833. The largest absolute Gasteiger partial charge is 0.302 e. The molecule has 1 heterocycles. The van der Waals surface area contributed by atoms with Crippen molar-refractivity contribution in [1.29, 1.82) is 0 Å². The average molecular weight is 246 g/mol. The molecule has 0 aliphatic carbocycles. The number of carbonyl (C=O) groups excluding carboxylic acids is 2. The lowest BCUT2D eigenvalue weighted by Crippen LogP contribution is -2.16. The van der Waals surface area contributed by atoms with Gasteiger partial charge in [0.1, 0.15) is 0 Å². The molecule has 0 saturated heterocycles. The molecule has 0 atom stereocenters. The molecule has 0 aliphatic rings. The molecule has 4 nitrogen and oxygen atoms in total. The molecule has 1 aromatic heterocycles. The molecule has 0 spiro atoms. The Labute approximate surface area is 102 Å². The minimum atomic E-state index is -0.339. The molecule has 0 unspecified atom stereocenters. The minimum Gasteiger partial charge on any atom is -0.302 e. The first-order valence-electron chi connectivity index (χ1n) is 5.03. The van der Waals surface area contributed by atoms with Crippen LogP contribution >= 0.6 is 11.3 Å². The molecule has 2 rings (SSSR count). The number of hydrogen-bond acceptors (Lipinski definition) is 4.